The number of carbonyl (C=O) groups excluding carboxylic acids is 1. The third-order valence-electron chi connectivity index (χ3n) is 2.70. The first-order chi connectivity index (χ1) is 6.79. The Labute approximate surface area is 85.3 Å². The number of nitrogens with zero attached hydrogens (tertiary/aromatic N) is 1. The van der Waals surface area contributed by atoms with Crippen molar-refractivity contribution >= 4 is 5.91 Å². The molecule has 1 aliphatic heterocycles. The molecule has 1 saturated heterocycles. The second-order valence-corrected chi connectivity index (χ2v) is 3.82. The van der Waals surface area contributed by atoms with Crippen LogP contribution in [0.25, 0.3) is 0 Å². The van der Waals surface area contributed by atoms with E-state index in [1.807, 2.05) is 11.8 Å². The largest absolute Gasteiger partial charge is 0.337 e. The molecule has 0 saturated carbocycles. The van der Waals surface area contributed by atoms with Crippen LogP contribution in [-0.4, -0.2) is 30.0 Å². The molecule has 1 rings (SSSR count). The standard InChI is InChI=1S/C10H20N2O2/c1-2-5-10(13)12-7-4-3-6-9(12)8-14-11/h9H,2-8,11H2,1H3. The van der Waals surface area contributed by atoms with Crippen molar-refractivity contribution in [3.8, 4) is 0 Å². The van der Waals surface area contributed by atoms with Crippen LogP contribution in [-0.2, 0) is 9.63 Å². The molecule has 0 aromatic carbocycles. The molecule has 1 fully saturated rings. The monoisotopic (exact) mass is 200 g/mol. The van der Waals surface area contributed by atoms with E-state index in [1.165, 1.54) is 6.42 Å². The molecule has 1 atom stereocenters. The van der Waals surface area contributed by atoms with Crippen LogP contribution in [0.1, 0.15) is 39.0 Å². The first-order valence-electron chi connectivity index (χ1n) is 5.40. The lowest BCUT2D eigenvalue weighted by Crippen LogP contribution is -2.46. The van der Waals surface area contributed by atoms with Crippen LogP contribution in [0.3, 0.4) is 0 Å². The third kappa shape index (κ3) is 2.96. The van der Waals surface area contributed by atoms with Crippen molar-refractivity contribution in [3.63, 3.8) is 0 Å². The Morgan fingerprint density at radius 3 is 3.00 bits per heavy atom. The topological polar surface area (TPSA) is 55.6 Å². The maximum Gasteiger partial charge on any atom is 0.222 e. The molecule has 1 amide bonds. The number of carbonyl (C=O) groups is 1. The maximum absolute atomic E-state index is 11.7. The van der Waals surface area contributed by atoms with Gasteiger partial charge >= 0.3 is 0 Å². The molecule has 1 heterocycles. The Bertz CT molecular complexity index is 183. The van der Waals surface area contributed by atoms with Gasteiger partial charge in [0.25, 0.3) is 0 Å². The van der Waals surface area contributed by atoms with Crippen molar-refractivity contribution < 1.29 is 9.63 Å². The van der Waals surface area contributed by atoms with E-state index in [-0.39, 0.29) is 11.9 Å². The Hall–Kier alpha value is -0.610. The average molecular weight is 200 g/mol. The number of nitrogens with two attached hydrogens (primary N) is 1. The molecule has 1 unspecified atom stereocenters. The van der Waals surface area contributed by atoms with Crippen molar-refractivity contribution in [1.29, 1.82) is 0 Å². The van der Waals surface area contributed by atoms with Crippen molar-refractivity contribution in [1.82, 2.24) is 4.90 Å². The van der Waals surface area contributed by atoms with Crippen LogP contribution in [0.4, 0.5) is 0 Å². The van der Waals surface area contributed by atoms with Gasteiger partial charge in [-0.15, -0.1) is 0 Å². The number of hydrogen-bond acceptors (Lipinski definition) is 3. The molecule has 4 nitrogen and oxygen atoms in total. The number of piperidine rings is 1. The van der Waals surface area contributed by atoms with E-state index in [1.54, 1.807) is 0 Å². The zero-order valence-corrected chi connectivity index (χ0v) is 8.87. The Morgan fingerprint density at radius 1 is 1.57 bits per heavy atom. The zero-order valence-electron chi connectivity index (χ0n) is 8.87. The molecule has 4 heteroatoms. The van der Waals surface area contributed by atoms with Crippen LogP contribution in [0, 0.1) is 0 Å². The molecular weight excluding hydrogens is 180 g/mol. The van der Waals surface area contributed by atoms with Gasteiger partial charge in [-0.1, -0.05) is 6.92 Å². The lowest BCUT2D eigenvalue weighted by Gasteiger charge is -2.35. The fourth-order valence-electron chi connectivity index (χ4n) is 1.97. The minimum atomic E-state index is 0.202. The highest BCUT2D eigenvalue weighted by Gasteiger charge is 2.25. The van der Waals surface area contributed by atoms with Gasteiger partial charge in [-0.25, -0.2) is 5.90 Å². The van der Waals surface area contributed by atoms with Gasteiger partial charge in [0, 0.05) is 13.0 Å². The number of rotatable bonds is 4. The van der Waals surface area contributed by atoms with E-state index < -0.39 is 0 Å². The molecule has 0 bridgehead atoms. The number of amides is 1. The molecule has 14 heavy (non-hydrogen) atoms. The van der Waals surface area contributed by atoms with Gasteiger partial charge in [0.05, 0.1) is 12.6 Å². The summed E-state index contributed by atoms with van der Waals surface area (Å²) in [6.45, 7) is 3.36. The predicted octanol–water partition coefficient (Wildman–Crippen LogP) is 1.06. The van der Waals surface area contributed by atoms with Crippen LogP contribution in [0.15, 0.2) is 0 Å². The van der Waals surface area contributed by atoms with Gasteiger partial charge in [-0.05, 0) is 25.7 Å². The minimum absolute atomic E-state index is 0.202. The smallest absolute Gasteiger partial charge is 0.222 e. The van der Waals surface area contributed by atoms with Crippen molar-refractivity contribution in [2.24, 2.45) is 5.90 Å². The fourth-order valence-corrected chi connectivity index (χ4v) is 1.97. The summed E-state index contributed by atoms with van der Waals surface area (Å²) in [6, 6.07) is 0.202. The van der Waals surface area contributed by atoms with Crippen molar-refractivity contribution in [2.75, 3.05) is 13.2 Å². The van der Waals surface area contributed by atoms with Gasteiger partial charge < -0.3 is 9.74 Å². The quantitative estimate of drug-likeness (QED) is 0.690. The summed E-state index contributed by atoms with van der Waals surface area (Å²) >= 11 is 0. The average Bonchev–Trinajstić information content (AvgIpc) is 2.19. The first kappa shape index (κ1) is 11.5. The van der Waals surface area contributed by atoms with E-state index in [0.29, 0.717) is 13.0 Å². The Morgan fingerprint density at radius 2 is 2.36 bits per heavy atom. The summed E-state index contributed by atoms with van der Waals surface area (Å²) in [5.74, 6) is 5.30. The summed E-state index contributed by atoms with van der Waals surface area (Å²) < 4.78 is 0. The van der Waals surface area contributed by atoms with Crippen LogP contribution in [0.2, 0.25) is 0 Å². The van der Waals surface area contributed by atoms with Gasteiger partial charge in [0.1, 0.15) is 0 Å². The third-order valence-corrected chi connectivity index (χ3v) is 2.70. The predicted molar refractivity (Wildman–Crippen MR) is 54.4 cm³/mol. The molecule has 0 spiro atoms. The van der Waals surface area contributed by atoms with E-state index >= 15 is 0 Å². The summed E-state index contributed by atoms with van der Waals surface area (Å²) in [6.07, 6.45) is 4.85. The summed E-state index contributed by atoms with van der Waals surface area (Å²) in [5.41, 5.74) is 0. The molecule has 0 radical (unpaired) electrons. The lowest BCUT2D eigenvalue weighted by molar-refractivity contribution is -0.136. The van der Waals surface area contributed by atoms with Gasteiger partial charge in [-0.2, -0.15) is 0 Å². The molecular formula is C10H20N2O2. The van der Waals surface area contributed by atoms with E-state index in [0.717, 1.165) is 25.8 Å². The van der Waals surface area contributed by atoms with E-state index in [9.17, 15) is 4.79 Å². The maximum atomic E-state index is 11.7. The van der Waals surface area contributed by atoms with Crippen LogP contribution in [0.5, 0.6) is 0 Å². The highest BCUT2D eigenvalue weighted by atomic mass is 16.6. The normalized spacial score (nSPS) is 22.4. The number of hydrogen-bond donors (Lipinski definition) is 1. The fraction of sp³-hybridized carbons (Fsp3) is 0.900. The SMILES string of the molecule is CCCC(=O)N1CCCCC1CON. The van der Waals surface area contributed by atoms with Gasteiger partial charge in [0.2, 0.25) is 5.91 Å². The second-order valence-electron chi connectivity index (χ2n) is 3.82. The Balaban J connectivity index is 2.48. The number of likely N-dealkylation sites (tertiary alicyclic amines) is 1. The van der Waals surface area contributed by atoms with Crippen molar-refractivity contribution in [3.05, 3.63) is 0 Å². The lowest BCUT2D eigenvalue weighted by atomic mass is 10.0. The Kier molecular flexibility index (Phi) is 4.90. The highest BCUT2D eigenvalue weighted by Crippen LogP contribution is 2.18. The van der Waals surface area contributed by atoms with Crippen molar-refractivity contribution in [2.45, 2.75) is 45.1 Å². The highest BCUT2D eigenvalue weighted by molar-refractivity contribution is 5.76. The van der Waals surface area contributed by atoms with E-state index in [2.05, 4.69) is 4.84 Å². The second kappa shape index (κ2) is 5.98. The molecule has 0 aromatic rings. The summed E-state index contributed by atoms with van der Waals surface area (Å²) in [5, 5.41) is 0. The molecule has 1 aliphatic rings. The summed E-state index contributed by atoms with van der Waals surface area (Å²) in [7, 11) is 0. The van der Waals surface area contributed by atoms with Gasteiger partial charge in [0.15, 0.2) is 0 Å². The van der Waals surface area contributed by atoms with Crippen LogP contribution < -0.4 is 5.90 Å². The molecule has 82 valence electrons. The van der Waals surface area contributed by atoms with Crippen LogP contribution >= 0.6 is 0 Å². The van der Waals surface area contributed by atoms with E-state index in [4.69, 9.17) is 5.90 Å². The summed E-state index contributed by atoms with van der Waals surface area (Å²) in [4.78, 5) is 18.3. The first-order valence-corrected chi connectivity index (χ1v) is 5.40. The minimum Gasteiger partial charge on any atom is -0.337 e. The molecule has 0 aromatic heterocycles. The molecule has 0 aliphatic carbocycles. The molecule has 2 N–H and O–H groups in total. The van der Waals surface area contributed by atoms with Gasteiger partial charge in [-0.3, -0.25) is 4.79 Å². The zero-order chi connectivity index (χ0) is 10.4.